The second kappa shape index (κ2) is 6.02. The van der Waals surface area contributed by atoms with Crippen LogP contribution in [0.2, 0.25) is 0 Å². The van der Waals surface area contributed by atoms with Crippen LogP contribution in [0.4, 0.5) is 5.69 Å². The smallest absolute Gasteiger partial charge is 0.257 e. The summed E-state index contributed by atoms with van der Waals surface area (Å²) in [4.78, 5) is 20.7. The molecule has 0 bridgehead atoms. The van der Waals surface area contributed by atoms with Crippen molar-refractivity contribution in [3.63, 3.8) is 0 Å². The van der Waals surface area contributed by atoms with Crippen molar-refractivity contribution >= 4 is 11.6 Å². The van der Waals surface area contributed by atoms with Gasteiger partial charge in [-0.1, -0.05) is 0 Å². The molecule has 1 aliphatic heterocycles. The molecule has 104 valence electrons. The summed E-state index contributed by atoms with van der Waals surface area (Å²) < 4.78 is 0. The highest BCUT2D eigenvalue weighted by Gasteiger charge is 2.26. The topological polar surface area (TPSA) is 48.5 Å². The van der Waals surface area contributed by atoms with E-state index in [1.165, 1.54) is 0 Å². The molecule has 1 aliphatic rings. The molecule has 1 unspecified atom stereocenters. The minimum atomic E-state index is 0.0396. The van der Waals surface area contributed by atoms with E-state index in [1.807, 2.05) is 25.1 Å². The van der Waals surface area contributed by atoms with Crippen molar-refractivity contribution < 1.29 is 4.79 Å². The third-order valence-electron chi connectivity index (χ3n) is 3.79. The molecular formula is C14H22N4O. The number of likely N-dealkylation sites (tertiary alicyclic amines) is 1. The molecule has 1 atom stereocenters. The zero-order valence-electron chi connectivity index (χ0n) is 11.9. The van der Waals surface area contributed by atoms with Gasteiger partial charge in [0.2, 0.25) is 0 Å². The number of hydrogen-bond donors (Lipinski definition) is 1. The van der Waals surface area contributed by atoms with Gasteiger partial charge < -0.3 is 15.1 Å². The fourth-order valence-electron chi connectivity index (χ4n) is 2.59. The number of piperidine rings is 1. The Balaban J connectivity index is 2.14. The van der Waals surface area contributed by atoms with Gasteiger partial charge in [-0.05, 0) is 32.5 Å². The summed E-state index contributed by atoms with van der Waals surface area (Å²) in [6, 6.07) is 2.12. The van der Waals surface area contributed by atoms with E-state index in [0.29, 0.717) is 5.56 Å². The van der Waals surface area contributed by atoms with Crippen LogP contribution in [0.1, 0.15) is 23.2 Å². The Morgan fingerprint density at radius 3 is 3.05 bits per heavy atom. The number of nitrogens with one attached hydrogen (secondary N) is 1. The van der Waals surface area contributed by atoms with Crippen LogP contribution < -0.4 is 5.32 Å². The molecule has 1 N–H and O–H groups in total. The monoisotopic (exact) mass is 262 g/mol. The maximum absolute atomic E-state index is 12.6. The lowest BCUT2D eigenvalue weighted by atomic mass is 10.0. The standard InChI is InChI=1S/C14H22N4O/c1-15-13-6-7-16-9-12(13)14(19)18(3)11-5-4-8-17(2)10-11/h6-7,9,11H,4-5,8,10H2,1-3H3,(H,15,16). The highest BCUT2D eigenvalue weighted by atomic mass is 16.2. The van der Waals surface area contributed by atoms with Crippen molar-refractivity contribution in [1.29, 1.82) is 0 Å². The summed E-state index contributed by atoms with van der Waals surface area (Å²) in [5.41, 5.74) is 1.47. The maximum Gasteiger partial charge on any atom is 0.257 e. The number of carbonyl (C=O) groups is 1. The van der Waals surface area contributed by atoms with Gasteiger partial charge >= 0.3 is 0 Å². The van der Waals surface area contributed by atoms with Crippen molar-refractivity contribution in [2.45, 2.75) is 18.9 Å². The van der Waals surface area contributed by atoms with E-state index in [0.717, 1.165) is 31.6 Å². The third-order valence-corrected chi connectivity index (χ3v) is 3.79. The van der Waals surface area contributed by atoms with Crippen molar-refractivity contribution in [2.24, 2.45) is 0 Å². The Hall–Kier alpha value is -1.62. The van der Waals surface area contributed by atoms with Crippen LogP contribution in [-0.2, 0) is 0 Å². The summed E-state index contributed by atoms with van der Waals surface area (Å²) >= 11 is 0. The van der Waals surface area contributed by atoms with Gasteiger partial charge in [-0.2, -0.15) is 0 Å². The van der Waals surface area contributed by atoms with E-state index in [4.69, 9.17) is 0 Å². The van der Waals surface area contributed by atoms with Gasteiger partial charge in [0, 0.05) is 44.8 Å². The van der Waals surface area contributed by atoms with Crippen LogP contribution in [0.15, 0.2) is 18.5 Å². The lowest BCUT2D eigenvalue weighted by molar-refractivity contribution is 0.0644. The average Bonchev–Trinajstić information content (AvgIpc) is 2.45. The van der Waals surface area contributed by atoms with Gasteiger partial charge in [-0.15, -0.1) is 0 Å². The Morgan fingerprint density at radius 2 is 2.37 bits per heavy atom. The molecule has 2 rings (SSSR count). The van der Waals surface area contributed by atoms with E-state index in [1.54, 1.807) is 12.4 Å². The van der Waals surface area contributed by atoms with Crippen LogP contribution in [0.3, 0.4) is 0 Å². The second-order valence-corrected chi connectivity index (χ2v) is 5.15. The molecular weight excluding hydrogens is 240 g/mol. The van der Waals surface area contributed by atoms with Crippen LogP contribution in [0.25, 0.3) is 0 Å². The Kier molecular flexibility index (Phi) is 4.37. The molecule has 5 nitrogen and oxygen atoms in total. The number of likely N-dealkylation sites (N-methyl/N-ethyl adjacent to an activating group) is 2. The van der Waals surface area contributed by atoms with Crippen LogP contribution >= 0.6 is 0 Å². The first-order chi connectivity index (χ1) is 9.13. The predicted molar refractivity (Wildman–Crippen MR) is 76.4 cm³/mol. The lowest BCUT2D eigenvalue weighted by Gasteiger charge is -2.36. The highest BCUT2D eigenvalue weighted by molar-refractivity contribution is 5.99. The molecule has 19 heavy (non-hydrogen) atoms. The molecule has 2 heterocycles. The number of rotatable bonds is 3. The minimum absolute atomic E-state index is 0.0396. The lowest BCUT2D eigenvalue weighted by Crippen LogP contribution is -2.47. The average molecular weight is 262 g/mol. The SMILES string of the molecule is CNc1ccncc1C(=O)N(C)C1CCCN(C)C1. The number of anilines is 1. The quantitative estimate of drug-likeness (QED) is 0.891. The molecule has 1 aromatic heterocycles. The van der Waals surface area contributed by atoms with E-state index in [-0.39, 0.29) is 11.9 Å². The van der Waals surface area contributed by atoms with Crippen molar-refractivity contribution in [3.05, 3.63) is 24.0 Å². The number of hydrogen-bond acceptors (Lipinski definition) is 4. The van der Waals surface area contributed by atoms with Gasteiger partial charge in [0.05, 0.1) is 5.56 Å². The van der Waals surface area contributed by atoms with Crippen molar-refractivity contribution in [2.75, 3.05) is 39.5 Å². The zero-order chi connectivity index (χ0) is 13.8. The molecule has 1 amide bonds. The predicted octanol–water partition coefficient (Wildman–Crippen LogP) is 1.29. The number of carbonyl (C=O) groups excluding carboxylic acids is 1. The molecule has 0 radical (unpaired) electrons. The van der Waals surface area contributed by atoms with E-state index < -0.39 is 0 Å². The summed E-state index contributed by atoms with van der Waals surface area (Å²) in [5, 5.41) is 3.05. The molecule has 1 saturated heterocycles. The van der Waals surface area contributed by atoms with E-state index >= 15 is 0 Å². The van der Waals surface area contributed by atoms with Crippen LogP contribution in [0.5, 0.6) is 0 Å². The summed E-state index contributed by atoms with van der Waals surface area (Å²) in [5.74, 6) is 0.0396. The number of aromatic nitrogens is 1. The number of amides is 1. The Morgan fingerprint density at radius 1 is 1.58 bits per heavy atom. The molecule has 1 fully saturated rings. The molecule has 0 aliphatic carbocycles. The van der Waals surface area contributed by atoms with Crippen LogP contribution in [0, 0.1) is 0 Å². The molecule has 0 aromatic carbocycles. The minimum Gasteiger partial charge on any atom is -0.387 e. The van der Waals surface area contributed by atoms with Gasteiger partial charge in [-0.3, -0.25) is 9.78 Å². The highest BCUT2D eigenvalue weighted by Crippen LogP contribution is 2.19. The summed E-state index contributed by atoms with van der Waals surface area (Å²) in [6.45, 7) is 2.06. The fourth-order valence-corrected chi connectivity index (χ4v) is 2.59. The van der Waals surface area contributed by atoms with Crippen molar-refractivity contribution in [3.8, 4) is 0 Å². The molecule has 5 heteroatoms. The summed E-state index contributed by atoms with van der Waals surface area (Å²) in [7, 11) is 5.81. The first-order valence-corrected chi connectivity index (χ1v) is 6.71. The third kappa shape index (κ3) is 3.04. The summed E-state index contributed by atoms with van der Waals surface area (Å²) in [6.07, 6.45) is 5.54. The maximum atomic E-state index is 12.6. The van der Waals surface area contributed by atoms with E-state index in [9.17, 15) is 4.79 Å². The van der Waals surface area contributed by atoms with Gasteiger partial charge in [-0.25, -0.2) is 0 Å². The molecule has 0 spiro atoms. The first-order valence-electron chi connectivity index (χ1n) is 6.71. The first kappa shape index (κ1) is 13.8. The van der Waals surface area contributed by atoms with Crippen molar-refractivity contribution in [1.82, 2.24) is 14.8 Å². The zero-order valence-corrected chi connectivity index (χ0v) is 11.9. The van der Waals surface area contributed by atoms with Gasteiger partial charge in [0.1, 0.15) is 0 Å². The molecule has 1 aromatic rings. The largest absolute Gasteiger partial charge is 0.387 e. The fraction of sp³-hybridized carbons (Fsp3) is 0.571. The van der Waals surface area contributed by atoms with Gasteiger partial charge in [0.15, 0.2) is 0 Å². The number of pyridine rings is 1. The Bertz CT molecular complexity index is 449. The number of nitrogens with zero attached hydrogens (tertiary/aromatic N) is 3. The Labute approximate surface area is 114 Å². The van der Waals surface area contributed by atoms with Gasteiger partial charge in [0.25, 0.3) is 5.91 Å². The molecule has 0 saturated carbocycles. The normalized spacial score (nSPS) is 20.1. The van der Waals surface area contributed by atoms with Crippen LogP contribution in [-0.4, -0.2) is 61.0 Å². The second-order valence-electron chi connectivity index (χ2n) is 5.15. The van der Waals surface area contributed by atoms with E-state index in [2.05, 4.69) is 22.2 Å².